The van der Waals surface area contributed by atoms with Crippen molar-refractivity contribution in [2.45, 2.75) is 51.5 Å². The van der Waals surface area contributed by atoms with Crippen LogP contribution in [0, 0.1) is 11.8 Å². The molecule has 0 amide bonds. The predicted molar refractivity (Wildman–Crippen MR) is 83.5 cm³/mol. The van der Waals surface area contributed by atoms with Crippen LogP contribution in [0.5, 0.6) is 5.75 Å². The molecule has 0 saturated heterocycles. The number of hydrogen-bond donors (Lipinski definition) is 1. The Morgan fingerprint density at radius 3 is 2.80 bits per heavy atom. The lowest BCUT2D eigenvalue weighted by Gasteiger charge is -2.31. The molecule has 1 heterocycles. The first-order valence-corrected chi connectivity index (χ1v) is 8.21. The maximum Gasteiger partial charge on any atom is 0.125 e. The van der Waals surface area contributed by atoms with Crippen molar-refractivity contribution in [3.8, 4) is 5.75 Å². The van der Waals surface area contributed by atoms with E-state index in [1.54, 1.807) is 0 Å². The van der Waals surface area contributed by atoms with E-state index in [1.807, 2.05) is 12.1 Å². The van der Waals surface area contributed by atoms with Gasteiger partial charge in [-0.15, -0.1) is 0 Å². The van der Waals surface area contributed by atoms with Crippen molar-refractivity contribution >= 4 is 11.6 Å². The Labute approximate surface area is 126 Å². The van der Waals surface area contributed by atoms with Crippen LogP contribution in [0.2, 0.25) is 5.02 Å². The van der Waals surface area contributed by atoms with E-state index in [2.05, 4.69) is 6.92 Å². The summed E-state index contributed by atoms with van der Waals surface area (Å²) in [7, 11) is 0. The van der Waals surface area contributed by atoms with E-state index >= 15 is 0 Å². The van der Waals surface area contributed by atoms with Crippen LogP contribution >= 0.6 is 11.6 Å². The van der Waals surface area contributed by atoms with Crippen LogP contribution in [0.15, 0.2) is 12.1 Å². The molecule has 0 radical (unpaired) electrons. The molecule has 1 fully saturated rings. The summed E-state index contributed by atoms with van der Waals surface area (Å²) < 4.78 is 5.78. The SMILES string of the molecule is CC1CCC(C(N)Cc2cc(Cl)cc3c2OCC3)CC1. The van der Waals surface area contributed by atoms with Crippen LogP contribution in [0.4, 0.5) is 0 Å². The van der Waals surface area contributed by atoms with E-state index in [4.69, 9.17) is 22.1 Å². The highest BCUT2D eigenvalue weighted by Gasteiger charge is 2.26. The van der Waals surface area contributed by atoms with E-state index in [0.717, 1.165) is 36.1 Å². The van der Waals surface area contributed by atoms with Gasteiger partial charge in [-0.3, -0.25) is 0 Å². The van der Waals surface area contributed by atoms with Crippen LogP contribution in [-0.2, 0) is 12.8 Å². The third-order valence-corrected chi connectivity index (χ3v) is 5.17. The van der Waals surface area contributed by atoms with Gasteiger partial charge in [0.2, 0.25) is 0 Å². The summed E-state index contributed by atoms with van der Waals surface area (Å²) in [6.45, 7) is 3.12. The number of fused-ring (bicyclic) bond motifs is 1. The van der Waals surface area contributed by atoms with Gasteiger partial charge in [-0.1, -0.05) is 31.4 Å². The zero-order valence-electron chi connectivity index (χ0n) is 12.2. The Hall–Kier alpha value is -0.730. The van der Waals surface area contributed by atoms with Crippen LogP contribution in [-0.4, -0.2) is 12.6 Å². The zero-order valence-corrected chi connectivity index (χ0v) is 13.0. The molecule has 3 heteroatoms. The summed E-state index contributed by atoms with van der Waals surface area (Å²) in [4.78, 5) is 0. The highest BCUT2D eigenvalue weighted by atomic mass is 35.5. The lowest BCUT2D eigenvalue weighted by Crippen LogP contribution is -2.34. The topological polar surface area (TPSA) is 35.2 Å². The maximum atomic E-state index is 6.47. The molecule has 0 bridgehead atoms. The minimum atomic E-state index is 0.231. The molecule has 1 aliphatic carbocycles. The van der Waals surface area contributed by atoms with Gasteiger partial charge in [-0.2, -0.15) is 0 Å². The van der Waals surface area contributed by atoms with Gasteiger partial charge < -0.3 is 10.5 Å². The van der Waals surface area contributed by atoms with Crippen molar-refractivity contribution < 1.29 is 4.74 Å². The molecule has 110 valence electrons. The van der Waals surface area contributed by atoms with Gasteiger partial charge in [-0.05, 0) is 54.4 Å². The lowest BCUT2D eigenvalue weighted by molar-refractivity contribution is 0.252. The van der Waals surface area contributed by atoms with Crippen LogP contribution in [0.25, 0.3) is 0 Å². The van der Waals surface area contributed by atoms with E-state index in [-0.39, 0.29) is 6.04 Å². The summed E-state index contributed by atoms with van der Waals surface area (Å²) in [6.07, 6.45) is 7.05. The number of benzene rings is 1. The molecule has 1 aliphatic heterocycles. The smallest absolute Gasteiger partial charge is 0.125 e. The third kappa shape index (κ3) is 2.96. The quantitative estimate of drug-likeness (QED) is 0.915. The summed E-state index contributed by atoms with van der Waals surface area (Å²) >= 11 is 6.22. The normalized spacial score (nSPS) is 26.9. The molecule has 2 nitrogen and oxygen atoms in total. The summed E-state index contributed by atoms with van der Waals surface area (Å²) in [6, 6.07) is 4.30. The van der Waals surface area contributed by atoms with Gasteiger partial charge >= 0.3 is 0 Å². The number of halogens is 1. The molecule has 1 atom stereocenters. The Balaban J connectivity index is 1.71. The molecule has 1 saturated carbocycles. The molecule has 3 rings (SSSR count). The van der Waals surface area contributed by atoms with E-state index < -0.39 is 0 Å². The second-order valence-corrected chi connectivity index (χ2v) is 6.98. The van der Waals surface area contributed by atoms with E-state index in [9.17, 15) is 0 Å². The molecule has 0 aromatic heterocycles. The molecule has 1 unspecified atom stereocenters. The summed E-state index contributed by atoms with van der Waals surface area (Å²) in [5.74, 6) is 2.58. The average Bonchev–Trinajstić information content (AvgIpc) is 2.87. The maximum absolute atomic E-state index is 6.47. The van der Waals surface area contributed by atoms with Gasteiger partial charge in [0.25, 0.3) is 0 Å². The fourth-order valence-electron chi connectivity index (χ4n) is 3.63. The van der Waals surface area contributed by atoms with E-state index in [0.29, 0.717) is 5.92 Å². The summed E-state index contributed by atoms with van der Waals surface area (Å²) in [5, 5.41) is 0.814. The van der Waals surface area contributed by atoms with Crippen molar-refractivity contribution in [3.63, 3.8) is 0 Å². The molecule has 0 spiro atoms. The van der Waals surface area contributed by atoms with Crippen molar-refractivity contribution in [1.29, 1.82) is 0 Å². The van der Waals surface area contributed by atoms with Crippen molar-refractivity contribution in [2.24, 2.45) is 17.6 Å². The summed E-state index contributed by atoms with van der Waals surface area (Å²) in [5.41, 5.74) is 8.92. The highest BCUT2D eigenvalue weighted by molar-refractivity contribution is 6.30. The number of nitrogens with two attached hydrogens (primary N) is 1. The number of ether oxygens (including phenoxy) is 1. The number of hydrogen-bond acceptors (Lipinski definition) is 2. The predicted octanol–water partition coefficient (Wildman–Crippen LogP) is 3.97. The first-order valence-electron chi connectivity index (χ1n) is 7.83. The minimum Gasteiger partial charge on any atom is -0.493 e. The van der Waals surface area contributed by atoms with E-state index in [1.165, 1.54) is 36.8 Å². The molecular formula is C17H24ClNO. The van der Waals surface area contributed by atoms with Crippen LogP contribution in [0.3, 0.4) is 0 Å². The zero-order chi connectivity index (χ0) is 14.1. The fourth-order valence-corrected chi connectivity index (χ4v) is 3.90. The van der Waals surface area contributed by atoms with Crippen LogP contribution in [0.1, 0.15) is 43.7 Å². The molecule has 1 aromatic carbocycles. The minimum absolute atomic E-state index is 0.231. The van der Waals surface area contributed by atoms with Crippen molar-refractivity contribution in [3.05, 3.63) is 28.3 Å². The highest BCUT2D eigenvalue weighted by Crippen LogP contribution is 2.36. The molecule has 2 aliphatic rings. The lowest BCUT2D eigenvalue weighted by atomic mass is 9.78. The largest absolute Gasteiger partial charge is 0.493 e. The van der Waals surface area contributed by atoms with Gasteiger partial charge in [-0.25, -0.2) is 0 Å². The fraction of sp³-hybridized carbons (Fsp3) is 0.647. The van der Waals surface area contributed by atoms with Crippen LogP contribution < -0.4 is 10.5 Å². The molecule has 2 N–H and O–H groups in total. The standard InChI is InChI=1S/C17H24ClNO/c1-11-2-4-12(5-3-11)16(19)10-14-9-15(18)8-13-6-7-20-17(13)14/h8-9,11-12,16H,2-7,10,19H2,1H3. The third-order valence-electron chi connectivity index (χ3n) is 4.95. The Kier molecular flexibility index (Phi) is 4.23. The first kappa shape index (κ1) is 14.2. The average molecular weight is 294 g/mol. The Morgan fingerprint density at radius 2 is 2.05 bits per heavy atom. The first-order chi connectivity index (χ1) is 9.63. The Morgan fingerprint density at radius 1 is 1.30 bits per heavy atom. The monoisotopic (exact) mass is 293 g/mol. The Bertz CT molecular complexity index is 480. The molecule has 1 aromatic rings. The molecule has 20 heavy (non-hydrogen) atoms. The van der Waals surface area contributed by atoms with Crippen molar-refractivity contribution in [1.82, 2.24) is 0 Å². The molecular weight excluding hydrogens is 270 g/mol. The number of rotatable bonds is 3. The van der Waals surface area contributed by atoms with Gasteiger partial charge in [0.05, 0.1) is 6.61 Å². The second kappa shape index (κ2) is 5.95. The van der Waals surface area contributed by atoms with Gasteiger partial charge in [0.1, 0.15) is 5.75 Å². The van der Waals surface area contributed by atoms with Gasteiger partial charge in [0.15, 0.2) is 0 Å². The second-order valence-electron chi connectivity index (χ2n) is 6.54. The van der Waals surface area contributed by atoms with Gasteiger partial charge in [0, 0.05) is 17.5 Å². The van der Waals surface area contributed by atoms with Crippen molar-refractivity contribution in [2.75, 3.05) is 6.61 Å².